The van der Waals surface area contributed by atoms with Crippen molar-refractivity contribution in [1.82, 2.24) is 0 Å². The van der Waals surface area contributed by atoms with E-state index in [0.717, 1.165) is 28.0 Å². The van der Waals surface area contributed by atoms with E-state index in [1.54, 1.807) is 19.3 Å². The molecule has 0 spiro atoms. The molecule has 38 heavy (non-hydrogen) atoms. The summed E-state index contributed by atoms with van der Waals surface area (Å²) in [5, 5.41) is 0. The summed E-state index contributed by atoms with van der Waals surface area (Å²) >= 11 is 0. The van der Waals surface area contributed by atoms with Crippen LogP contribution in [-0.4, -0.2) is 24.2 Å². The van der Waals surface area contributed by atoms with Gasteiger partial charge in [-0.05, 0) is 37.6 Å². The maximum absolute atomic E-state index is 13.6. The molecule has 1 aliphatic heterocycles. The van der Waals surface area contributed by atoms with Crippen molar-refractivity contribution in [3.05, 3.63) is 137 Å². The highest BCUT2D eigenvalue weighted by Gasteiger charge is 2.30. The Bertz CT molecular complexity index is 1490. The van der Waals surface area contributed by atoms with Crippen molar-refractivity contribution in [1.29, 1.82) is 0 Å². The average molecular weight is 500 g/mol. The minimum absolute atomic E-state index is 0.199. The van der Waals surface area contributed by atoms with Crippen LogP contribution in [0.1, 0.15) is 46.5 Å². The third-order valence-corrected chi connectivity index (χ3v) is 6.30. The van der Waals surface area contributed by atoms with Crippen molar-refractivity contribution in [2.24, 2.45) is 4.99 Å². The molecule has 0 saturated carbocycles. The molecule has 0 N–H and O–H groups in total. The predicted molar refractivity (Wildman–Crippen MR) is 155 cm³/mol. The third-order valence-electron chi connectivity index (χ3n) is 6.30. The molecule has 4 nitrogen and oxygen atoms in total. The molecule has 5 rings (SSSR count). The zero-order chi connectivity index (χ0) is 26.5. The van der Waals surface area contributed by atoms with Gasteiger partial charge in [0.15, 0.2) is 5.78 Å². The number of nitrogens with zero attached hydrogens (tertiary/aromatic N) is 1. The maximum Gasteiger partial charge on any atom is 0.193 e. The second-order valence-corrected chi connectivity index (χ2v) is 9.56. The zero-order valence-electron chi connectivity index (χ0n) is 21.7. The van der Waals surface area contributed by atoms with E-state index >= 15 is 0 Å². The molecule has 188 valence electrons. The van der Waals surface area contributed by atoms with E-state index in [1.165, 1.54) is 0 Å². The first-order valence-corrected chi connectivity index (χ1v) is 12.6. The Kier molecular flexibility index (Phi) is 7.05. The van der Waals surface area contributed by atoms with Crippen molar-refractivity contribution in [2.45, 2.75) is 19.4 Å². The molecule has 0 aliphatic carbocycles. The number of allylic oxidation sites excluding steroid dienone is 1. The highest BCUT2D eigenvalue weighted by atomic mass is 16.5. The van der Waals surface area contributed by atoms with Crippen LogP contribution in [0.4, 0.5) is 5.69 Å². The van der Waals surface area contributed by atoms with Crippen LogP contribution < -0.4 is 9.47 Å². The van der Waals surface area contributed by atoms with Crippen molar-refractivity contribution in [3.63, 3.8) is 0 Å². The number of hydrogen-bond donors (Lipinski definition) is 0. The number of carbonyl (C=O) groups is 1. The lowest BCUT2D eigenvalue weighted by molar-refractivity contribution is 0.103. The summed E-state index contributed by atoms with van der Waals surface area (Å²) in [6.07, 6.45) is 7.33. The van der Waals surface area contributed by atoms with Crippen LogP contribution in [0.15, 0.2) is 114 Å². The molecule has 0 bridgehead atoms. The van der Waals surface area contributed by atoms with Crippen LogP contribution in [0.2, 0.25) is 0 Å². The van der Waals surface area contributed by atoms with Gasteiger partial charge in [0.2, 0.25) is 0 Å². The minimum atomic E-state index is -0.597. The number of carbonyl (C=O) groups excluding carboxylic acids is 1. The Morgan fingerprint density at radius 3 is 2.03 bits per heavy atom. The lowest BCUT2D eigenvalue weighted by Crippen LogP contribution is -2.28. The standard InChI is InChI=1S/C34H29NO3/c1-34(2)22-21-27-28(35-32(25-15-9-5-10-16-25)26-17-11-6-12-18-26)23-30(37-3)31(33(27)38-34)29(36)20-19-24-13-7-4-8-14-24/h4-23H,1-3H3/b20-19+. The van der Waals surface area contributed by atoms with E-state index in [4.69, 9.17) is 14.5 Å². The first-order chi connectivity index (χ1) is 18.4. The molecule has 0 unspecified atom stereocenters. The monoisotopic (exact) mass is 499 g/mol. The van der Waals surface area contributed by atoms with Crippen LogP contribution in [-0.2, 0) is 0 Å². The van der Waals surface area contributed by atoms with Gasteiger partial charge >= 0.3 is 0 Å². The van der Waals surface area contributed by atoms with Gasteiger partial charge in [-0.25, -0.2) is 4.99 Å². The molecule has 0 fully saturated rings. The molecule has 0 atom stereocenters. The van der Waals surface area contributed by atoms with Crippen molar-refractivity contribution in [3.8, 4) is 11.5 Å². The first kappa shape index (κ1) is 25.0. The van der Waals surface area contributed by atoms with Crippen molar-refractivity contribution >= 4 is 29.3 Å². The molecular weight excluding hydrogens is 470 g/mol. The van der Waals surface area contributed by atoms with Gasteiger partial charge in [0.05, 0.1) is 18.5 Å². The van der Waals surface area contributed by atoms with Gasteiger partial charge in [0.1, 0.15) is 22.7 Å². The third kappa shape index (κ3) is 5.35. The Labute approximate surface area is 223 Å². The average Bonchev–Trinajstić information content (AvgIpc) is 2.95. The highest BCUT2D eigenvalue weighted by molar-refractivity contribution is 6.15. The molecule has 4 aromatic rings. The van der Waals surface area contributed by atoms with Gasteiger partial charge in [-0.2, -0.15) is 0 Å². The zero-order valence-corrected chi connectivity index (χ0v) is 21.7. The van der Waals surface area contributed by atoms with E-state index < -0.39 is 5.60 Å². The summed E-state index contributed by atoms with van der Waals surface area (Å²) in [5.41, 5.74) is 4.91. The molecule has 0 saturated heterocycles. The Hall–Kier alpha value is -4.70. The molecule has 4 aromatic carbocycles. The van der Waals surface area contributed by atoms with Gasteiger partial charge < -0.3 is 9.47 Å². The fraction of sp³-hybridized carbons (Fsp3) is 0.118. The maximum atomic E-state index is 13.6. The number of fused-ring (bicyclic) bond motifs is 1. The van der Waals surface area contributed by atoms with Gasteiger partial charge in [0.25, 0.3) is 0 Å². The fourth-order valence-corrected chi connectivity index (χ4v) is 4.40. The van der Waals surface area contributed by atoms with E-state index in [-0.39, 0.29) is 5.78 Å². The van der Waals surface area contributed by atoms with E-state index in [0.29, 0.717) is 22.7 Å². The number of ketones is 1. The molecule has 1 heterocycles. The topological polar surface area (TPSA) is 47.9 Å². The van der Waals surface area contributed by atoms with Crippen molar-refractivity contribution in [2.75, 3.05) is 7.11 Å². The summed E-state index contributed by atoms with van der Waals surface area (Å²) in [4.78, 5) is 18.7. The van der Waals surface area contributed by atoms with E-state index in [2.05, 4.69) is 0 Å². The van der Waals surface area contributed by atoms with Crippen LogP contribution >= 0.6 is 0 Å². The Balaban J connectivity index is 1.70. The van der Waals surface area contributed by atoms with Crippen molar-refractivity contribution < 1.29 is 14.3 Å². The Morgan fingerprint density at radius 1 is 0.868 bits per heavy atom. The molecule has 0 radical (unpaired) electrons. The molecule has 4 heteroatoms. The first-order valence-electron chi connectivity index (χ1n) is 12.6. The second-order valence-electron chi connectivity index (χ2n) is 9.56. The van der Waals surface area contributed by atoms with Gasteiger partial charge in [-0.3, -0.25) is 4.79 Å². The number of ether oxygens (including phenoxy) is 2. The second kappa shape index (κ2) is 10.7. The van der Waals surface area contributed by atoms with Gasteiger partial charge in [-0.15, -0.1) is 0 Å². The lowest BCUT2D eigenvalue weighted by atomic mass is 9.95. The molecule has 1 aliphatic rings. The molecular formula is C34H29NO3. The normalized spacial score (nSPS) is 13.4. The van der Waals surface area contributed by atoms with Crippen LogP contribution in [0, 0.1) is 0 Å². The predicted octanol–water partition coefficient (Wildman–Crippen LogP) is 7.94. The van der Waals surface area contributed by atoms with Gasteiger partial charge in [0, 0.05) is 22.8 Å². The lowest BCUT2D eigenvalue weighted by Gasteiger charge is -2.30. The summed E-state index contributed by atoms with van der Waals surface area (Å²) < 4.78 is 12.2. The van der Waals surface area contributed by atoms with E-state index in [1.807, 2.05) is 123 Å². The number of rotatable bonds is 7. The van der Waals surface area contributed by atoms with Gasteiger partial charge in [-0.1, -0.05) is 97.1 Å². The largest absolute Gasteiger partial charge is 0.496 e. The number of aliphatic imine (C=N–C) groups is 1. The smallest absolute Gasteiger partial charge is 0.193 e. The fourth-order valence-electron chi connectivity index (χ4n) is 4.40. The van der Waals surface area contributed by atoms with Crippen LogP contribution in [0.5, 0.6) is 11.5 Å². The van der Waals surface area contributed by atoms with Crippen LogP contribution in [0.3, 0.4) is 0 Å². The summed E-state index contributed by atoms with van der Waals surface area (Å²) in [6.45, 7) is 3.92. The highest BCUT2D eigenvalue weighted by Crippen LogP contribution is 2.45. The molecule has 0 aromatic heterocycles. The summed E-state index contributed by atoms with van der Waals surface area (Å²) in [7, 11) is 1.56. The quantitative estimate of drug-likeness (QED) is 0.147. The number of benzene rings is 4. The minimum Gasteiger partial charge on any atom is -0.496 e. The summed E-state index contributed by atoms with van der Waals surface area (Å²) in [5.74, 6) is 0.686. The summed E-state index contributed by atoms with van der Waals surface area (Å²) in [6, 6.07) is 31.6. The molecule has 0 amide bonds. The Morgan fingerprint density at radius 2 is 1.45 bits per heavy atom. The number of methoxy groups -OCH3 is 1. The SMILES string of the molecule is COc1cc(N=C(c2ccccc2)c2ccccc2)c2c(c1C(=O)/C=C/c1ccccc1)OC(C)(C)C=C2. The van der Waals surface area contributed by atoms with E-state index in [9.17, 15) is 4.79 Å². The van der Waals surface area contributed by atoms with Crippen LogP contribution in [0.25, 0.3) is 12.2 Å². The number of hydrogen-bond acceptors (Lipinski definition) is 4.